The first-order valence-corrected chi connectivity index (χ1v) is 15.2. The average molecular weight is 679 g/mol. The molecular formula is C32H35ClN8O7. The van der Waals surface area contributed by atoms with Crippen LogP contribution in [0.1, 0.15) is 27.9 Å². The number of anilines is 2. The van der Waals surface area contributed by atoms with E-state index in [2.05, 4.69) is 10.6 Å². The number of nitrogens with two attached hydrogens (primary N) is 3. The molecule has 252 valence electrons. The molecule has 2 saturated carbocycles. The number of amides is 3. The van der Waals surface area contributed by atoms with E-state index in [1.54, 1.807) is 55.4 Å². The summed E-state index contributed by atoms with van der Waals surface area (Å²) in [7, 11) is 6.22. The van der Waals surface area contributed by atoms with Crippen molar-refractivity contribution in [2.24, 2.45) is 34.5 Å². The molecule has 0 aromatic heterocycles. The van der Waals surface area contributed by atoms with Gasteiger partial charge in [-0.05, 0) is 62.8 Å². The third-order valence-electron chi connectivity index (χ3n) is 9.67. The van der Waals surface area contributed by atoms with Crippen LogP contribution >= 0.6 is 11.6 Å². The number of nitriles is 1. The van der Waals surface area contributed by atoms with E-state index in [4.69, 9.17) is 28.8 Å². The van der Waals surface area contributed by atoms with Gasteiger partial charge in [-0.15, -0.1) is 0 Å². The van der Waals surface area contributed by atoms with Gasteiger partial charge in [0.1, 0.15) is 11.7 Å². The average Bonchev–Trinajstić information content (AvgIpc) is 2.96. The van der Waals surface area contributed by atoms with Crippen LogP contribution in [0.25, 0.3) is 0 Å². The molecule has 0 heterocycles. The lowest BCUT2D eigenvalue weighted by Crippen LogP contribution is -2.85. The number of hydrogen-bond donors (Lipinski definition) is 6. The van der Waals surface area contributed by atoms with Crippen molar-refractivity contribution in [1.82, 2.24) is 10.2 Å². The van der Waals surface area contributed by atoms with Gasteiger partial charge in [-0.1, -0.05) is 11.6 Å². The smallest absolute Gasteiger partial charge is 0.319 e. The summed E-state index contributed by atoms with van der Waals surface area (Å²) in [6, 6.07) is 7.46. The number of urea groups is 1. The number of carbonyl (C=O) groups is 6. The van der Waals surface area contributed by atoms with Crippen molar-refractivity contribution in [3.8, 4) is 11.8 Å². The first-order valence-electron chi connectivity index (χ1n) is 14.8. The summed E-state index contributed by atoms with van der Waals surface area (Å²) in [5.41, 5.74) is 13.3. The number of halogens is 1. The van der Waals surface area contributed by atoms with Crippen molar-refractivity contribution >= 4 is 58.0 Å². The van der Waals surface area contributed by atoms with E-state index >= 15 is 0 Å². The van der Waals surface area contributed by atoms with Crippen molar-refractivity contribution < 1.29 is 33.9 Å². The highest BCUT2D eigenvalue weighted by atomic mass is 35.5. The number of ketones is 4. The van der Waals surface area contributed by atoms with Crippen LogP contribution < -0.4 is 32.7 Å². The Balaban J connectivity index is 1.61. The number of primary amides is 1. The molecule has 3 aliphatic rings. The summed E-state index contributed by atoms with van der Waals surface area (Å²) in [6.45, 7) is -0.252. The van der Waals surface area contributed by atoms with E-state index in [1.165, 1.54) is 19.0 Å². The van der Waals surface area contributed by atoms with E-state index in [0.29, 0.717) is 16.4 Å². The lowest BCUT2D eigenvalue weighted by Gasteiger charge is -2.60. The van der Waals surface area contributed by atoms with Crippen LogP contribution in [0.3, 0.4) is 0 Å². The quantitative estimate of drug-likeness (QED) is 0.218. The molecule has 0 bridgehead atoms. The molecule has 9 N–H and O–H groups in total. The van der Waals surface area contributed by atoms with E-state index < -0.39 is 81.6 Å². The summed E-state index contributed by atoms with van der Waals surface area (Å²) >= 11 is 5.90. The Kier molecular flexibility index (Phi) is 8.38. The van der Waals surface area contributed by atoms with Crippen LogP contribution in [0.4, 0.5) is 16.2 Å². The Bertz CT molecular complexity index is 1840. The SMILES string of the molecule is CN(C)c1cc(CNC(=O)Nc2ccc(Cl)cc2)c(O)c2c1C[C@@]1(N)C[C@@]3(N)[C@H](N(C)C)C(=O)C(C(N)=O)C(=O)[C@@]3(C#N)C(=O)C1C2=O. The molecule has 2 aromatic rings. The molecule has 48 heavy (non-hydrogen) atoms. The zero-order valence-corrected chi connectivity index (χ0v) is 27.3. The maximum absolute atomic E-state index is 14.6. The molecule has 5 rings (SSSR count). The molecule has 0 saturated heterocycles. The van der Waals surface area contributed by atoms with E-state index in [-0.39, 0.29) is 29.7 Å². The molecule has 2 unspecified atom stereocenters. The van der Waals surface area contributed by atoms with Gasteiger partial charge in [0.05, 0.1) is 23.2 Å². The lowest BCUT2D eigenvalue weighted by molar-refractivity contribution is -0.166. The molecule has 2 aromatic carbocycles. The summed E-state index contributed by atoms with van der Waals surface area (Å²) in [5.74, 6) is -10.6. The van der Waals surface area contributed by atoms with Crippen molar-refractivity contribution in [3.05, 3.63) is 52.0 Å². The van der Waals surface area contributed by atoms with Gasteiger partial charge < -0.3 is 37.8 Å². The van der Waals surface area contributed by atoms with E-state index in [9.17, 15) is 39.1 Å². The zero-order chi connectivity index (χ0) is 35.7. The van der Waals surface area contributed by atoms with Gasteiger partial charge in [-0.25, -0.2) is 4.79 Å². The zero-order valence-electron chi connectivity index (χ0n) is 26.6. The molecule has 15 nitrogen and oxygen atoms in total. The number of benzene rings is 2. The lowest BCUT2D eigenvalue weighted by atomic mass is 9.42. The van der Waals surface area contributed by atoms with Crippen LogP contribution in [-0.2, 0) is 32.1 Å². The largest absolute Gasteiger partial charge is 0.507 e. The number of rotatable bonds is 6. The van der Waals surface area contributed by atoms with Crippen LogP contribution in [0.2, 0.25) is 5.02 Å². The summed E-state index contributed by atoms with van der Waals surface area (Å²) in [5, 5.41) is 27.8. The molecule has 16 heteroatoms. The number of phenolic OH excluding ortho intramolecular Hbond substituents is 1. The minimum Gasteiger partial charge on any atom is -0.507 e. The Morgan fingerprint density at radius 1 is 1.08 bits per heavy atom. The number of fused-ring (bicyclic) bond motifs is 3. The summed E-state index contributed by atoms with van der Waals surface area (Å²) < 4.78 is 0. The van der Waals surface area contributed by atoms with E-state index in [0.717, 1.165) is 0 Å². The molecule has 0 aliphatic heterocycles. The highest BCUT2D eigenvalue weighted by Crippen LogP contribution is 2.57. The van der Waals surface area contributed by atoms with Crippen LogP contribution in [-0.4, -0.2) is 90.4 Å². The molecule has 3 aliphatic carbocycles. The van der Waals surface area contributed by atoms with Gasteiger partial charge in [-0.2, -0.15) is 5.26 Å². The Morgan fingerprint density at radius 3 is 2.25 bits per heavy atom. The normalized spacial score (nSPS) is 29.4. The molecule has 0 radical (unpaired) electrons. The number of aromatic hydroxyl groups is 1. The summed E-state index contributed by atoms with van der Waals surface area (Å²) in [6.07, 6.45) is -0.749. The molecule has 2 fully saturated rings. The van der Waals surface area contributed by atoms with Crippen molar-refractivity contribution in [1.29, 1.82) is 5.26 Å². The van der Waals surface area contributed by atoms with Crippen molar-refractivity contribution in [3.63, 3.8) is 0 Å². The highest BCUT2D eigenvalue weighted by Gasteiger charge is 2.78. The van der Waals surface area contributed by atoms with Gasteiger partial charge in [0.15, 0.2) is 34.5 Å². The number of likely N-dealkylation sites (N-methyl/N-ethyl adjacent to an activating group) is 1. The van der Waals surface area contributed by atoms with Gasteiger partial charge in [0.25, 0.3) is 0 Å². The predicted octanol–water partition coefficient (Wildman–Crippen LogP) is -0.150. The molecule has 3 amide bonds. The maximum Gasteiger partial charge on any atom is 0.319 e. The highest BCUT2D eigenvalue weighted by molar-refractivity contribution is 6.33. The van der Waals surface area contributed by atoms with Gasteiger partial charge in [-0.3, -0.25) is 28.9 Å². The monoisotopic (exact) mass is 678 g/mol. The third-order valence-corrected chi connectivity index (χ3v) is 9.92. The number of nitrogens with zero attached hydrogens (tertiary/aromatic N) is 3. The van der Waals surface area contributed by atoms with Gasteiger partial charge in [0, 0.05) is 48.1 Å². The number of hydrogen-bond acceptors (Lipinski definition) is 12. The maximum atomic E-state index is 14.6. The Labute approximate surface area is 280 Å². The second-order valence-electron chi connectivity index (χ2n) is 13.1. The number of phenols is 1. The minimum atomic E-state index is -2.85. The number of nitrogens with one attached hydrogen (secondary N) is 2. The Hall–Kier alpha value is -4.88. The fourth-order valence-electron chi connectivity index (χ4n) is 7.73. The fourth-order valence-corrected chi connectivity index (χ4v) is 7.85. The molecule has 0 spiro atoms. The third kappa shape index (κ3) is 4.83. The van der Waals surface area contributed by atoms with Crippen LogP contribution in [0, 0.1) is 28.6 Å². The van der Waals surface area contributed by atoms with Gasteiger partial charge in [0.2, 0.25) is 5.91 Å². The molecule has 6 atom stereocenters. The van der Waals surface area contributed by atoms with Crippen molar-refractivity contribution in [2.45, 2.75) is 36.5 Å². The standard InChI is InChI=1S/C32H35ClN8O7/c1-40(2)18-9-14(11-38-29(48)39-16-7-5-15(33)6-8-16)22(42)19-17(18)10-30(36)12-32(37)25(41(3)4)24(44)20(28(35)47)26(45)31(32,13-34)27(46)21(30)23(19)43/h5-9,20-21,25,42H,10-12,36-37H2,1-4H3,(H2,35,47)(H2,38,39,48)/t20?,21?,25-,30-,31+,32-/m1/s1. The second-order valence-corrected chi connectivity index (χ2v) is 13.5. The first-order chi connectivity index (χ1) is 22.4. The Morgan fingerprint density at radius 2 is 1.71 bits per heavy atom. The second kappa shape index (κ2) is 11.7. The molecular weight excluding hydrogens is 644 g/mol. The topological polar surface area (TPSA) is 255 Å². The first kappa shape index (κ1) is 34.5. The van der Waals surface area contributed by atoms with Crippen LogP contribution in [0.5, 0.6) is 5.75 Å². The number of Topliss-reactive ketones (excluding diaryl/α,β-unsaturated/α-hetero) is 4. The minimum absolute atomic E-state index is 0.119. The van der Waals surface area contributed by atoms with Crippen LogP contribution in [0.15, 0.2) is 30.3 Å². The number of carbonyl (C=O) groups excluding carboxylic acids is 6. The van der Waals surface area contributed by atoms with Gasteiger partial charge >= 0.3 is 6.03 Å². The van der Waals surface area contributed by atoms with E-state index in [1.807, 2.05) is 0 Å². The summed E-state index contributed by atoms with van der Waals surface area (Å²) in [4.78, 5) is 84.5. The fraction of sp³-hybridized carbons (Fsp3) is 0.406. The predicted molar refractivity (Wildman–Crippen MR) is 173 cm³/mol. The van der Waals surface area contributed by atoms with Crippen molar-refractivity contribution in [2.75, 3.05) is 38.4 Å².